The molecule has 2 aromatic rings. The van der Waals surface area contributed by atoms with Crippen molar-refractivity contribution < 1.29 is 8.78 Å². The zero-order chi connectivity index (χ0) is 14.0. The van der Waals surface area contributed by atoms with Gasteiger partial charge in [-0.2, -0.15) is 0 Å². The molecule has 0 amide bonds. The SMILES string of the molecule is CNC(c1ccc(C)c(F)c1)c1ccc(F)cc1Br. The molecule has 0 spiro atoms. The minimum Gasteiger partial charge on any atom is -0.309 e. The van der Waals surface area contributed by atoms with E-state index in [1.165, 1.54) is 18.2 Å². The number of nitrogens with one attached hydrogen (secondary N) is 1. The summed E-state index contributed by atoms with van der Waals surface area (Å²) in [6.45, 7) is 1.72. The molecule has 1 nitrogen and oxygen atoms in total. The molecule has 0 aliphatic heterocycles. The maximum atomic E-state index is 13.7. The number of benzene rings is 2. The summed E-state index contributed by atoms with van der Waals surface area (Å²) in [5.74, 6) is -0.545. The average molecular weight is 326 g/mol. The smallest absolute Gasteiger partial charge is 0.126 e. The monoisotopic (exact) mass is 325 g/mol. The van der Waals surface area contributed by atoms with Crippen LogP contribution in [0.5, 0.6) is 0 Å². The standard InChI is InChI=1S/C15H14BrF2N/c1-9-3-4-10(7-14(9)18)15(19-2)12-6-5-11(17)8-13(12)16/h3-8,15,19H,1-2H3. The summed E-state index contributed by atoms with van der Waals surface area (Å²) in [6.07, 6.45) is 0. The first-order valence-electron chi connectivity index (χ1n) is 5.91. The minimum atomic E-state index is -0.305. The summed E-state index contributed by atoms with van der Waals surface area (Å²) in [5, 5.41) is 3.12. The zero-order valence-corrected chi connectivity index (χ0v) is 12.3. The molecule has 1 N–H and O–H groups in total. The third-order valence-electron chi connectivity index (χ3n) is 3.09. The van der Waals surface area contributed by atoms with Gasteiger partial charge in [0, 0.05) is 4.47 Å². The molecule has 4 heteroatoms. The van der Waals surface area contributed by atoms with Crippen molar-refractivity contribution in [2.24, 2.45) is 0 Å². The van der Waals surface area contributed by atoms with Gasteiger partial charge in [-0.1, -0.05) is 34.1 Å². The Hall–Kier alpha value is -1.26. The number of hydrogen-bond acceptors (Lipinski definition) is 1. The van der Waals surface area contributed by atoms with E-state index >= 15 is 0 Å². The number of halogens is 3. The maximum absolute atomic E-state index is 13.7. The molecule has 0 aliphatic rings. The minimum absolute atomic E-state index is 0.190. The van der Waals surface area contributed by atoms with Gasteiger partial charge in [-0.05, 0) is 48.9 Å². The first kappa shape index (κ1) is 14.2. The second-order valence-electron chi connectivity index (χ2n) is 4.40. The highest BCUT2D eigenvalue weighted by Gasteiger charge is 2.16. The molecule has 0 fully saturated rings. The molecule has 0 heterocycles. The summed E-state index contributed by atoms with van der Waals surface area (Å²) < 4.78 is 27.4. The molecule has 100 valence electrons. The second-order valence-corrected chi connectivity index (χ2v) is 5.25. The Balaban J connectivity index is 2.46. The van der Waals surface area contributed by atoms with Gasteiger partial charge >= 0.3 is 0 Å². The van der Waals surface area contributed by atoms with Gasteiger partial charge in [0.25, 0.3) is 0 Å². The van der Waals surface area contributed by atoms with Crippen molar-refractivity contribution in [2.75, 3.05) is 7.05 Å². The molecule has 19 heavy (non-hydrogen) atoms. The lowest BCUT2D eigenvalue weighted by Crippen LogP contribution is -2.18. The zero-order valence-electron chi connectivity index (χ0n) is 10.7. The number of aryl methyl sites for hydroxylation is 1. The lowest BCUT2D eigenvalue weighted by Gasteiger charge is -2.19. The highest BCUT2D eigenvalue weighted by molar-refractivity contribution is 9.10. The predicted molar refractivity (Wildman–Crippen MR) is 76.1 cm³/mol. The fourth-order valence-corrected chi connectivity index (χ4v) is 2.61. The van der Waals surface area contributed by atoms with Crippen LogP contribution in [-0.2, 0) is 0 Å². The summed E-state index contributed by atoms with van der Waals surface area (Å²) in [5.41, 5.74) is 2.28. The molecular formula is C15H14BrF2N. The van der Waals surface area contributed by atoms with E-state index in [0.29, 0.717) is 10.0 Å². The van der Waals surface area contributed by atoms with Crippen molar-refractivity contribution in [2.45, 2.75) is 13.0 Å². The van der Waals surface area contributed by atoms with E-state index in [1.54, 1.807) is 26.1 Å². The first-order valence-corrected chi connectivity index (χ1v) is 6.70. The first-order chi connectivity index (χ1) is 9.02. The Morgan fingerprint density at radius 2 is 1.84 bits per heavy atom. The fourth-order valence-electron chi connectivity index (χ4n) is 2.03. The van der Waals surface area contributed by atoms with Crippen LogP contribution in [-0.4, -0.2) is 7.05 Å². The number of hydrogen-bond donors (Lipinski definition) is 1. The molecule has 0 aromatic heterocycles. The summed E-state index contributed by atoms with van der Waals surface area (Å²) >= 11 is 3.35. The third kappa shape index (κ3) is 3.01. The van der Waals surface area contributed by atoms with Crippen molar-refractivity contribution in [3.05, 3.63) is 69.2 Å². The van der Waals surface area contributed by atoms with Crippen LogP contribution in [0.4, 0.5) is 8.78 Å². The molecular weight excluding hydrogens is 312 g/mol. The van der Waals surface area contributed by atoms with Crippen LogP contribution in [0.2, 0.25) is 0 Å². The second kappa shape index (κ2) is 5.80. The van der Waals surface area contributed by atoms with Crippen LogP contribution in [0.25, 0.3) is 0 Å². The molecule has 0 saturated heterocycles. The molecule has 0 radical (unpaired) electrons. The van der Waals surface area contributed by atoms with E-state index in [-0.39, 0.29) is 17.7 Å². The van der Waals surface area contributed by atoms with E-state index in [0.717, 1.165) is 11.1 Å². The van der Waals surface area contributed by atoms with Crippen LogP contribution in [0.1, 0.15) is 22.7 Å². The Kier molecular flexibility index (Phi) is 4.32. The van der Waals surface area contributed by atoms with Gasteiger partial charge in [0.1, 0.15) is 11.6 Å². The Bertz CT molecular complexity index is 599. The maximum Gasteiger partial charge on any atom is 0.126 e. The van der Waals surface area contributed by atoms with E-state index in [4.69, 9.17) is 0 Å². The Labute approximate surface area is 119 Å². The highest BCUT2D eigenvalue weighted by Crippen LogP contribution is 2.29. The fraction of sp³-hybridized carbons (Fsp3) is 0.200. The van der Waals surface area contributed by atoms with Crippen LogP contribution in [0.3, 0.4) is 0 Å². The van der Waals surface area contributed by atoms with Crippen molar-refractivity contribution in [1.82, 2.24) is 5.32 Å². The van der Waals surface area contributed by atoms with E-state index in [9.17, 15) is 8.78 Å². The van der Waals surface area contributed by atoms with E-state index in [2.05, 4.69) is 21.2 Å². The van der Waals surface area contributed by atoms with Crippen LogP contribution >= 0.6 is 15.9 Å². The quantitative estimate of drug-likeness (QED) is 0.884. The van der Waals surface area contributed by atoms with Crippen molar-refractivity contribution in [1.29, 1.82) is 0 Å². The van der Waals surface area contributed by atoms with Gasteiger partial charge in [-0.3, -0.25) is 0 Å². The summed E-state index contributed by atoms with van der Waals surface area (Å²) in [6, 6.07) is 9.43. The van der Waals surface area contributed by atoms with Gasteiger partial charge in [-0.25, -0.2) is 8.78 Å². The van der Waals surface area contributed by atoms with Crippen LogP contribution in [0, 0.1) is 18.6 Å². The number of rotatable bonds is 3. The molecule has 0 saturated carbocycles. The van der Waals surface area contributed by atoms with Crippen molar-refractivity contribution in [3.63, 3.8) is 0 Å². The molecule has 2 aromatic carbocycles. The van der Waals surface area contributed by atoms with E-state index in [1.807, 2.05) is 6.07 Å². The predicted octanol–water partition coefficient (Wildman–Crippen LogP) is 4.34. The normalized spacial score (nSPS) is 12.5. The van der Waals surface area contributed by atoms with E-state index < -0.39 is 0 Å². The van der Waals surface area contributed by atoms with Crippen molar-refractivity contribution in [3.8, 4) is 0 Å². The average Bonchev–Trinajstić information content (AvgIpc) is 2.37. The molecule has 0 aliphatic carbocycles. The topological polar surface area (TPSA) is 12.0 Å². The van der Waals surface area contributed by atoms with Crippen LogP contribution < -0.4 is 5.32 Å². The molecule has 0 bridgehead atoms. The lowest BCUT2D eigenvalue weighted by molar-refractivity contribution is 0.605. The molecule has 1 unspecified atom stereocenters. The lowest BCUT2D eigenvalue weighted by atomic mass is 9.97. The Morgan fingerprint density at radius 3 is 2.42 bits per heavy atom. The highest BCUT2D eigenvalue weighted by atomic mass is 79.9. The third-order valence-corrected chi connectivity index (χ3v) is 3.78. The van der Waals surface area contributed by atoms with Gasteiger partial charge in [-0.15, -0.1) is 0 Å². The molecule has 1 atom stereocenters. The van der Waals surface area contributed by atoms with Gasteiger partial charge in [0.15, 0.2) is 0 Å². The van der Waals surface area contributed by atoms with Gasteiger partial charge in [0.05, 0.1) is 6.04 Å². The van der Waals surface area contributed by atoms with Crippen LogP contribution in [0.15, 0.2) is 40.9 Å². The van der Waals surface area contributed by atoms with Gasteiger partial charge < -0.3 is 5.32 Å². The van der Waals surface area contributed by atoms with Crippen molar-refractivity contribution >= 4 is 15.9 Å². The summed E-state index contributed by atoms with van der Waals surface area (Å²) in [4.78, 5) is 0. The summed E-state index contributed by atoms with van der Waals surface area (Å²) in [7, 11) is 1.79. The molecule has 2 rings (SSSR count). The van der Waals surface area contributed by atoms with Gasteiger partial charge in [0.2, 0.25) is 0 Å². The largest absolute Gasteiger partial charge is 0.309 e. The Morgan fingerprint density at radius 1 is 1.11 bits per heavy atom.